The lowest BCUT2D eigenvalue weighted by atomic mass is 10.1. The lowest BCUT2D eigenvalue weighted by Gasteiger charge is -2.25. The van der Waals surface area contributed by atoms with Gasteiger partial charge in [-0.1, -0.05) is 12.1 Å². The molecular weight excluding hydrogens is 293 g/mol. The number of halogens is 1. The Morgan fingerprint density at radius 2 is 2.13 bits per heavy atom. The van der Waals surface area contributed by atoms with Gasteiger partial charge >= 0.3 is 0 Å². The van der Waals surface area contributed by atoms with Gasteiger partial charge < -0.3 is 4.90 Å². The molecule has 2 fully saturated rings. The second-order valence-corrected chi connectivity index (χ2v) is 6.56. The summed E-state index contributed by atoms with van der Waals surface area (Å²) in [6.45, 7) is 1.62. The van der Waals surface area contributed by atoms with E-state index in [-0.39, 0.29) is 29.6 Å². The van der Waals surface area contributed by atoms with Crippen LogP contribution in [0.1, 0.15) is 30.7 Å². The highest BCUT2D eigenvalue weighted by Crippen LogP contribution is 2.49. The Hall–Kier alpha value is -2.17. The summed E-state index contributed by atoms with van der Waals surface area (Å²) in [5.74, 6) is 0.359. The molecule has 1 saturated heterocycles. The topological polar surface area (TPSA) is 38.1 Å². The van der Waals surface area contributed by atoms with Crippen molar-refractivity contribution in [3.8, 4) is 0 Å². The van der Waals surface area contributed by atoms with Gasteiger partial charge in [0.2, 0.25) is 5.91 Å². The van der Waals surface area contributed by atoms with E-state index in [0.29, 0.717) is 0 Å². The van der Waals surface area contributed by atoms with E-state index in [9.17, 15) is 9.18 Å². The summed E-state index contributed by atoms with van der Waals surface area (Å²) in [7, 11) is 0. The molecule has 1 aliphatic carbocycles. The van der Waals surface area contributed by atoms with Crippen molar-refractivity contribution >= 4 is 5.91 Å². The van der Waals surface area contributed by atoms with Crippen LogP contribution in [0.2, 0.25) is 0 Å². The van der Waals surface area contributed by atoms with E-state index in [1.165, 1.54) is 12.1 Å². The number of carbonyl (C=O) groups excluding carboxylic acids is 1. The summed E-state index contributed by atoms with van der Waals surface area (Å²) >= 11 is 0. The summed E-state index contributed by atoms with van der Waals surface area (Å²) in [6.07, 6.45) is 6.70. The Morgan fingerprint density at radius 1 is 1.30 bits per heavy atom. The summed E-state index contributed by atoms with van der Waals surface area (Å²) < 4.78 is 14.9. The molecule has 5 heteroatoms. The third kappa shape index (κ3) is 2.87. The van der Waals surface area contributed by atoms with E-state index in [1.807, 2.05) is 21.8 Å². The fourth-order valence-corrected chi connectivity index (χ4v) is 3.70. The maximum absolute atomic E-state index is 13.0. The summed E-state index contributed by atoms with van der Waals surface area (Å²) in [6, 6.07) is 8.72. The number of aromatic nitrogens is 2. The van der Waals surface area contributed by atoms with E-state index < -0.39 is 0 Å². The van der Waals surface area contributed by atoms with Crippen molar-refractivity contribution in [2.45, 2.75) is 37.8 Å². The van der Waals surface area contributed by atoms with Crippen molar-refractivity contribution in [3.63, 3.8) is 0 Å². The molecule has 3 atom stereocenters. The first-order valence-electron chi connectivity index (χ1n) is 8.26. The first-order chi connectivity index (χ1) is 11.2. The predicted molar refractivity (Wildman–Crippen MR) is 84.2 cm³/mol. The fourth-order valence-electron chi connectivity index (χ4n) is 3.70. The molecule has 2 heterocycles. The molecule has 1 aromatic heterocycles. The van der Waals surface area contributed by atoms with E-state index in [4.69, 9.17) is 0 Å². The normalized spacial score (nSPS) is 26.5. The molecular formula is C18H20FN3O. The largest absolute Gasteiger partial charge is 0.338 e. The highest BCUT2D eigenvalue weighted by molar-refractivity contribution is 5.83. The van der Waals surface area contributed by atoms with E-state index in [1.54, 1.807) is 18.3 Å². The number of nitrogens with zero attached hydrogens (tertiary/aromatic N) is 3. The molecule has 23 heavy (non-hydrogen) atoms. The Labute approximate surface area is 134 Å². The SMILES string of the molecule is O=C([C@@H]1C[C@H]1c1ccc(F)cc1)N1CCC[C@@H]1Cn1cccn1. The summed E-state index contributed by atoms with van der Waals surface area (Å²) in [4.78, 5) is 14.9. The van der Waals surface area contributed by atoms with E-state index in [2.05, 4.69) is 5.10 Å². The highest BCUT2D eigenvalue weighted by atomic mass is 19.1. The highest BCUT2D eigenvalue weighted by Gasteiger charge is 2.47. The predicted octanol–water partition coefficient (Wildman–Crippen LogP) is 2.82. The lowest BCUT2D eigenvalue weighted by molar-refractivity contribution is -0.133. The second-order valence-electron chi connectivity index (χ2n) is 6.56. The summed E-state index contributed by atoms with van der Waals surface area (Å²) in [5.41, 5.74) is 1.08. The van der Waals surface area contributed by atoms with Crippen LogP contribution in [0.5, 0.6) is 0 Å². The Kier molecular flexibility index (Phi) is 3.63. The van der Waals surface area contributed by atoms with Crippen LogP contribution in [0.4, 0.5) is 4.39 Å². The van der Waals surface area contributed by atoms with Crippen LogP contribution in [0, 0.1) is 11.7 Å². The van der Waals surface area contributed by atoms with Crippen LogP contribution in [0.15, 0.2) is 42.7 Å². The molecule has 0 spiro atoms. The monoisotopic (exact) mass is 313 g/mol. The number of carbonyl (C=O) groups is 1. The van der Waals surface area contributed by atoms with E-state index >= 15 is 0 Å². The molecule has 0 unspecified atom stereocenters. The molecule has 2 aromatic rings. The standard InChI is InChI=1S/C18H20FN3O/c19-14-6-4-13(5-7-14)16-11-17(16)18(23)22-10-1-3-15(22)12-21-9-2-8-20-21/h2,4-9,15-17H,1,3,10-12H2/t15-,16+,17-/m1/s1. The van der Waals surface area contributed by atoms with Crippen molar-refractivity contribution in [3.05, 3.63) is 54.1 Å². The van der Waals surface area contributed by atoms with Crippen LogP contribution in [-0.4, -0.2) is 33.2 Å². The Bertz CT molecular complexity index is 683. The minimum atomic E-state index is -0.226. The van der Waals surface area contributed by atoms with Crippen molar-refractivity contribution < 1.29 is 9.18 Å². The van der Waals surface area contributed by atoms with Crippen LogP contribution in [0.3, 0.4) is 0 Å². The van der Waals surface area contributed by atoms with Crippen LogP contribution >= 0.6 is 0 Å². The van der Waals surface area contributed by atoms with Gasteiger partial charge in [0.15, 0.2) is 0 Å². The average Bonchev–Trinajstić information content (AvgIpc) is 2.95. The van der Waals surface area contributed by atoms with E-state index in [0.717, 1.165) is 37.9 Å². The molecule has 1 amide bonds. The maximum atomic E-state index is 13.0. The third-order valence-corrected chi connectivity index (χ3v) is 5.02. The van der Waals surface area contributed by atoms with Crippen LogP contribution in [0.25, 0.3) is 0 Å². The van der Waals surface area contributed by atoms with Gasteiger partial charge in [0, 0.05) is 24.9 Å². The van der Waals surface area contributed by atoms with Crippen molar-refractivity contribution in [2.24, 2.45) is 5.92 Å². The minimum absolute atomic E-state index is 0.0682. The van der Waals surface area contributed by atoms with Gasteiger partial charge in [0.25, 0.3) is 0 Å². The second kappa shape index (κ2) is 5.80. The lowest BCUT2D eigenvalue weighted by Crippen LogP contribution is -2.39. The van der Waals surface area contributed by atoms with Gasteiger partial charge in [-0.15, -0.1) is 0 Å². The van der Waals surface area contributed by atoms with Gasteiger partial charge in [0.1, 0.15) is 5.82 Å². The Balaban J connectivity index is 1.41. The van der Waals surface area contributed by atoms with Gasteiger partial charge in [-0.2, -0.15) is 5.10 Å². The number of likely N-dealkylation sites (tertiary alicyclic amines) is 1. The molecule has 2 aliphatic rings. The van der Waals surface area contributed by atoms with Crippen LogP contribution in [-0.2, 0) is 11.3 Å². The molecule has 0 radical (unpaired) electrons. The molecule has 4 rings (SSSR count). The molecule has 120 valence electrons. The zero-order valence-electron chi connectivity index (χ0n) is 12.9. The molecule has 4 nitrogen and oxygen atoms in total. The van der Waals surface area contributed by atoms with Gasteiger partial charge in [-0.05, 0) is 48.9 Å². The molecule has 0 N–H and O–H groups in total. The number of benzene rings is 1. The number of hydrogen-bond acceptors (Lipinski definition) is 2. The average molecular weight is 313 g/mol. The van der Waals surface area contributed by atoms with Gasteiger partial charge in [-0.3, -0.25) is 9.48 Å². The first kappa shape index (κ1) is 14.4. The fraction of sp³-hybridized carbons (Fsp3) is 0.444. The van der Waals surface area contributed by atoms with Crippen molar-refractivity contribution in [2.75, 3.05) is 6.54 Å². The van der Waals surface area contributed by atoms with Crippen molar-refractivity contribution in [1.82, 2.24) is 14.7 Å². The van der Waals surface area contributed by atoms with Crippen molar-refractivity contribution in [1.29, 1.82) is 0 Å². The zero-order chi connectivity index (χ0) is 15.8. The third-order valence-electron chi connectivity index (χ3n) is 5.02. The van der Waals surface area contributed by atoms with Gasteiger partial charge in [-0.25, -0.2) is 4.39 Å². The number of rotatable bonds is 4. The Morgan fingerprint density at radius 3 is 2.87 bits per heavy atom. The quantitative estimate of drug-likeness (QED) is 0.870. The molecule has 1 aromatic carbocycles. The van der Waals surface area contributed by atoms with Gasteiger partial charge in [0.05, 0.1) is 12.6 Å². The molecule has 1 aliphatic heterocycles. The van der Waals surface area contributed by atoms with Crippen LogP contribution < -0.4 is 0 Å². The minimum Gasteiger partial charge on any atom is -0.338 e. The number of hydrogen-bond donors (Lipinski definition) is 0. The maximum Gasteiger partial charge on any atom is 0.226 e. The first-order valence-corrected chi connectivity index (χ1v) is 8.26. The molecule has 0 bridgehead atoms. The smallest absolute Gasteiger partial charge is 0.226 e. The zero-order valence-corrected chi connectivity index (χ0v) is 12.9. The summed E-state index contributed by atoms with van der Waals surface area (Å²) in [5, 5.41) is 4.25. The number of amides is 1. The molecule has 1 saturated carbocycles.